The number of hydrogen-bond acceptors (Lipinski definition) is 4. The van der Waals surface area contributed by atoms with Crippen LogP contribution in [0.3, 0.4) is 0 Å². The Kier molecular flexibility index (Phi) is 8.81. The zero-order valence-corrected chi connectivity index (χ0v) is 13.4. The summed E-state index contributed by atoms with van der Waals surface area (Å²) in [5.74, 6) is -0.186. The molecule has 1 saturated carbocycles. The van der Waals surface area contributed by atoms with Gasteiger partial charge in [-0.3, -0.25) is 4.79 Å². The summed E-state index contributed by atoms with van der Waals surface area (Å²) in [6.07, 6.45) is 4.12. The first-order valence-electron chi connectivity index (χ1n) is 7.07. The first kappa shape index (κ1) is 19.2. The normalized spacial score (nSPS) is 23.6. The van der Waals surface area contributed by atoms with E-state index in [1.165, 1.54) is 7.11 Å². The molecule has 6 heteroatoms. The Hall–Kier alpha value is -0.810. The van der Waals surface area contributed by atoms with E-state index in [2.05, 4.69) is 5.32 Å². The minimum atomic E-state index is -0.546. The number of hydrogen-bond donors (Lipinski definition) is 2. The van der Waals surface area contributed by atoms with Crippen molar-refractivity contribution in [3.63, 3.8) is 0 Å². The highest BCUT2D eigenvalue weighted by Crippen LogP contribution is 2.23. The lowest BCUT2D eigenvalue weighted by Gasteiger charge is -2.27. The fourth-order valence-corrected chi connectivity index (χ4v) is 2.58. The molecule has 1 amide bonds. The second-order valence-corrected chi connectivity index (χ2v) is 5.84. The molecule has 0 saturated heterocycles. The van der Waals surface area contributed by atoms with Gasteiger partial charge < -0.3 is 15.8 Å². The average Bonchev–Trinajstić information content (AvgIpc) is 2.36. The number of halogens is 1. The van der Waals surface area contributed by atoms with Gasteiger partial charge in [0, 0.05) is 12.0 Å². The number of rotatable bonds is 5. The first-order valence-corrected chi connectivity index (χ1v) is 7.07. The van der Waals surface area contributed by atoms with Crippen molar-refractivity contribution in [2.45, 2.75) is 58.0 Å². The Bertz CT molecular complexity index is 324. The third-order valence-corrected chi connectivity index (χ3v) is 3.59. The molecule has 3 unspecified atom stereocenters. The number of nitrogens with two attached hydrogens (primary N) is 1. The molecular weight excluding hydrogens is 280 g/mol. The van der Waals surface area contributed by atoms with E-state index >= 15 is 0 Å². The van der Waals surface area contributed by atoms with Crippen LogP contribution in [-0.2, 0) is 14.3 Å². The van der Waals surface area contributed by atoms with Crippen molar-refractivity contribution in [2.75, 3.05) is 7.11 Å². The van der Waals surface area contributed by atoms with Gasteiger partial charge in [-0.1, -0.05) is 20.3 Å². The molecule has 5 nitrogen and oxygen atoms in total. The minimum Gasteiger partial charge on any atom is -0.467 e. The zero-order valence-electron chi connectivity index (χ0n) is 12.6. The van der Waals surface area contributed by atoms with E-state index in [0.717, 1.165) is 19.3 Å². The highest BCUT2D eigenvalue weighted by atomic mass is 35.5. The largest absolute Gasteiger partial charge is 0.467 e. The summed E-state index contributed by atoms with van der Waals surface area (Å²) < 4.78 is 4.74. The Balaban J connectivity index is 0.00000361. The van der Waals surface area contributed by atoms with Gasteiger partial charge in [0.2, 0.25) is 5.91 Å². The summed E-state index contributed by atoms with van der Waals surface area (Å²) in [5, 5.41) is 2.82. The van der Waals surface area contributed by atoms with Gasteiger partial charge in [-0.2, -0.15) is 0 Å². The van der Waals surface area contributed by atoms with Crippen LogP contribution < -0.4 is 11.1 Å². The Morgan fingerprint density at radius 1 is 1.35 bits per heavy atom. The topological polar surface area (TPSA) is 81.4 Å². The van der Waals surface area contributed by atoms with Crippen molar-refractivity contribution in [3.8, 4) is 0 Å². The predicted octanol–water partition coefficient (Wildman–Crippen LogP) is 1.63. The van der Waals surface area contributed by atoms with E-state index in [-0.39, 0.29) is 36.2 Å². The van der Waals surface area contributed by atoms with Gasteiger partial charge in [-0.05, 0) is 31.6 Å². The maximum atomic E-state index is 12.2. The number of methoxy groups -OCH3 is 1. The first-order chi connectivity index (χ1) is 8.93. The van der Waals surface area contributed by atoms with Crippen LogP contribution in [0.2, 0.25) is 0 Å². The molecule has 3 atom stereocenters. The number of amides is 1. The van der Waals surface area contributed by atoms with E-state index in [4.69, 9.17) is 10.5 Å². The van der Waals surface area contributed by atoms with E-state index in [9.17, 15) is 9.59 Å². The summed E-state index contributed by atoms with van der Waals surface area (Å²) in [4.78, 5) is 23.8. The SMILES string of the molecule is COC(=O)C(CC(C)C)NC(=O)C1CCCC(N)C1.Cl. The number of nitrogens with one attached hydrogen (secondary N) is 1. The van der Waals surface area contributed by atoms with Crippen molar-refractivity contribution in [1.29, 1.82) is 0 Å². The molecule has 1 aliphatic rings. The lowest BCUT2D eigenvalue weighted by Crippen LogP contribution is -2.46. The highest BCUT2D eigenvalue weighted by Gasteiger charge is 2.29. The van der Waals surface area contributed by atoms with E-state index in [1.54, 1.807) is 0 Å². The number of carbonyl (C=O) groups excluding carboxylic acids is 2. The molecular formula is C14H27ClN2O3. The van der Waals surface area contributed by atoms with Crippen LogP contribution in [0.4, 0.5) is 0 Å². The highest BCUT2D eigenvalue weighted by molar-refractivity contribution is 5.86. The van der Waals surface area contributed by atoms with Crippen LogP contribution >= 0.6 is 12.4 Å². The summed E-state index contributed by atoms with van der Waals surface area (Å²) >= 11 is 0. The molecule has 20 heavy (non-hydrogen) atoms. The fourth-order valence-electron chi connectivity index (χ4n) is 2.58. The molecule has 1 rings (SSSR count). The van der Waals surface area contributed by atoms with Crippen LogP contribution in [0.25, 0.3) is 0 Å². The molecule has 1 aliphatic carbocycles. The van der Waals surface area contributed by atoms with E-state index < -0.39 is 6.04 Å². The third-order valence-electron chi connectivity index (χ3n) is 3.59. The molecule has 0 radical (unpaired) electrons. The predicted molar refractivity (Wildman–Crippen MR) is 80.6 cm³/mol. The lowest BCUT2D eigenvalue weighted by atomic mass is 9.85. The lowest BCUT2D eigenvalue weighted by molar-refractivity contribution is -0.146. The summed E-state index contributed by atoms with van der Waals surface area (Å²) in [6, 6.07) is -0.443. The minimum absolute atomic E-state index is 0. The maximum Gasteiger partial charge on any atom is 0.328 e. The molecule has 0 aromatic rings. The molecule has 0 aromatic carbocycles. The summed E-state index contributed by atoms with van der Waals surface area (Å²) in [7, 11) is 1.35. The van der Waals surface area contributed by atoms with Gasteiger partial charge in [-0.15, -0.1) is 12.4 Å². The van der Waals surface area contributed by atoms with Gasteiger partial charge in [-0.25, -0.2) is 4.79 Å². The number of carbonyl (C=O) groups is 2. The Morgan fingerprint density at radius 3 is 2.50 bits per heavy atom. The molecule has 0 spiro atoms. The van der Waals surface area contributed by atoms with Gasteiger partial charge >= 0.3 is 5.97 Å². The van der Waals surface area contributed by atoms with Crippen LogP contribution in [0.5, 0.6) is 0 Å². The van der Waals surface area contributed by atoms with Crippen molar-refractivity contribution in [3.05, 3.63) is 0 Å². The van der Waals surface area contributed by atoms with E-state index in [1.807, 2.05) is 13.8 Å². The average molecular weight is 307 g/mol. The second-order valence-electron chi connectivity index (χ2n) is 5.84. The van der Waals surface area contributed by atoms with Crippen LogP contribution in [0.15, 0.2) is 0 Å². The Morgan fingerprint density at radius 2 is 2.00 bits per heavy atom. The monoisotopic (exact) mass is 306 g/mol. The number of ether oxygens (including phenoxy) is 1. The van der Waals surface area contributed by atoms with Crippen LogP contribution in [0.1, 0.15) is 46.0 Å². The molecule has 0 bridgehead atoms. The quantitative estimate of drug-likeness (QED) is 0.756. The molecule has 0 aromatic heterocycles. The summed E-state index contributed by atoms with van der Waals surface area (Å²) in [5.41, 5.74) is 5.89. The van der Waals surface area contributed by atoms with Crippen molar-refractivity contribution in [1.82, 2.24) is 5.32 Å². The van der Waals surface area contributed by atoms with Gasteiger partial charge in [0.1, 0.15) is 6.04 Å². The third kappa shape index (κ3) is 6.09. The summed E-state index contributed by atoms with van der Waals surface area (Å²) in [6.45, 7) is 4.03. The van der Waals surface area contributed by atoms with Crippen molar-refractivity contribution in [2.24, 2.45) is 17.6 Å². The molecule has 1 fully saturated rings. The van der Waals surface area contributed by atoms with Crippen molar-refractivity contribution >= 4 is 24.3 Å². The molecule has 3 N–H and O–H groups in total. The second kappa shape index (κ2) is 9.19. The fraction of sp³-hybridized carbons (Fsp3) is 0.857. The molecule has 118 valence electrons. The van der Waals surface area contributed by atoms with Crippen LogP contribution in [-0.4, -0.2) is 31.1 Å². The smallest absolute Gasteiger partial charge is 0.328 e. The van der Waals surface area contributed by atoms with Gasteiger partial charge in [0.25, 0.3) is 0 Å². The Labute approximate surface area is 127 Å². The van der Waals surface area contributed by atoms with Gasteiger partial charge in [0.05, 0.1) is 7.11 Å². The number of esters is 1. The maximum absolute atomic E-state index is 12.2. The van der Waals surface area contributed by atoms with Crippen molar-refractivity contribution < 1.29 is 14.3 Å². The van der Waals surface area contributed by atoms with Gasteiger partial charge in [0.15, 0.2) is 0 Å². The standard InChI is InChI=1S/C14H26N2O3.ClH/c1-9(2)7-12(14(18)19-3)16-13(17)10-5-4-6-11(15)8-10;/h9-12H,4-8,15H2,1-3H3,(H,16,17);1H. The molecule has 0 aliphatic heterocycles. The molecule has 0 heterocycles. The van der Waals surface area contributed by atoms with Crippen LogP contribution in [0, 0.1) is 11.8 Å². The zero-order chi connectivity index (χ0) is 14.4. The van der Waals surface area contributed by atoms with E-state index in [0.29, 0.717) is 18.8 Å².